The quantitative estimate of drug-likeness (QED) is 0.135. The number of benzene rings is 4. The first-order valence-corrected chi connectivity index (χ1v) is 13.7. The van der Waals surface area contributed by atoms with Gasteiger partial charge in [-0.15, -0.1) is 0 Å². The van der Waals surface area contributed by atoms with Crippen LogP contribution in [-0.4, -0.2) is 44.6 Å². The lowest BCUT2D eigenvalue weighted by atomic mass is 9.86. The van der Waals surface area contributed by atoms with Crippen LogP contribution in [0.1, 0.15) is 45.9 Å². The Morgan fingerprint density at radius 3 is 2.07 bits per heavy atom. The van der Waals surface area contributed by atoms with E-state index in [0.29, 0.717) is 12.0 Å². The van der Waals surface area contributed by atoms with Crippen LogP contribution in [0.25, 0.3) is 11.1 Å². The van der Waals surface area contributed by atoms with Crippen molar-refractivity contribution in [2.45, 2.75) is 31.8 Å². The van der Waals surface area contributed by atoms with E-state index in [2.05, 4.69) is 4.74 Å². The van der Waals surface area contributed by atoms with Crippen LogP contribution in [0.4, 0.5) is 18.8 Å². The molecule has 0 fully saturated rings. The van der Waals surface area contributed by atoms with E-state index in [1.165, 1.54) is 17.0 Å². The minimum atomic E-state index is -1.84. The zero-order valence-electron chi connectivity index (χ0n) is 23.5. The van der Waals surface area contributed by atoms with E-state index in [0.717, 1.165) is 47.2 Å². The first kappa shape index (κ1) is 30.5. The average molecular weight is 616 g/mol. The van der Waals surface area contributed by atoms with Crippen molar-refractivity contribution in [2.24, 2.45) is 0 Å². The summed E-state index contributed by atoms with van der Waals surface area (Å²) in [5.74, 6) is -3.06. The van der Waals surface area contributed by atoms with E-state index in [1.807, 2.05) is 36.4 Å². The third-order valence-electron chi connectivity index (χ3n) is 7.30. The SMILES string of the molecule is O=C(O)Oc1cc(OC(=O)O)c(C(=O)N(Cc2cccc(-c3ccc(F)cc3)c2)[C@H]2CCCc3ccccc32)cc1OC(=O)O. The zero-order chi connectivity index (χ0) is 32.1. The molecule has 1 aliphatic rings. The molecule has 0 spiro atoms. The van der Waals surface area contributed by atoms with Gasteiger partial charge in [0.05, 0.1) is 11.6 Å². The number of carboxylic acid groups (broad SMARTS) is 3. The van der Waals surface area contributed by atoms with Gasteiger partial charge in [0.2, 0.25) is 0 Å². The first-order chi connectivity index (χ1) is 21.6. The molecule has 0 radical (unpaired) electrons. The van der Waals surface area contributed by atoms with Crippen molar-refractivity contribution < 1.29 is 53.1 Å². The fourth-order valence-electron chi connectivity index (χ4n) is 5.45. The van der Waals surface area contributed by atoms with Crippen molar-refractivity contribution >= 4 is 24.4 Å². The molecular weight excluding hydrogens is 589 g/mol. The van der Waals surface area contributed by atoms with Crippen molar-refractivity contribution in [2.75, 3.05) is 0 Å². The summed E-state index contributed by atoms with van der Waals surface area (Å²) in [7, 11) is 0. The highest BCUT2D eigenvalue weighted by Crippen LogP contribution is 2.40. The van der Waals surface area contributed by atoms with Crippen molar-refractivity contribution in [3.8, 4) is 28.4 Å². The molecule has 0 bridgehead atoms. The Hall–Kier alpha value is -5.91. The molecule has 11 nitrogen and oxygen atoms in total. The van der Waals surface area contributed by atoms with Crippen molar-refractivity contribution in [1.82, 2.24) is 4.90 Å². The maximum absolute atomic E-state index is 14.5. The molecule has 0 unspecified atom stereocenters. The van der Waals surface area contributed by atoms with Gasteiger partial charge in [-0.1, -0.05) is 54.6 Å². The number of amides is 1. The number of nitrogens with zero attached hydrogens (tertiary/aromatic N) is 1. The van der Waals surface area contributed by atoms with Gasteiger partial charge in [-0.25, -0.2) is 18.8 Å². The summed E-state index contributed by atoms with van der Waals surface area (Å²) in [4.78, 5) is 50.3. The molecule has 4 aromatic carbocycles. The fraction of sp³-hybridized carbons (Fsp3) is 0.152. The summed E-state index contributed by atoms with van der Waals surface area (Å²) in [5.41, 5.74) is 3.74. The third-order valence-corrected chi connectivity index (χ3v) is 7.30. The summed E-state index contributed by atoms with van der Waals surface area (Å²) >= 11 is 0. The highest BCUT2D eigenvalue weighted by Gasteiger charge is 2.33. The van der Waals surface area contributed by atoms with Crippen LogP contribution in [0, 0.1) is 5.82 Å². The molecule has 1 amide bonds. The number of halogens is 1. The van der Waals surface area contributed by atoms with Gasteiger partial charge in [-0.05, 0) is 65.3 Å². The lowest BCUT2D eigenvalue weighted by Crippen LogP contribution is -2.36. The number of carbonyl (C=O) groups is 4. The smallest absolute Gasteiger partial charge is 0.449 e. The van der Waals surface area contributed by atoms with Crippen molar-refractivity contribution in [3.05, 3.63) is 113 Å². The largest absolute Gasteiger partial charge is 0.511 e. The van der Waals surface area contributed by atoms with Crippen molar-refractivity contribution in [1.29, 1.82) is 0 Å². The number of hydrogen-bond acceptors (Lipinski definition) is 7. The molecule has 12 heteroatoms. The number of ether oxygens (including phenoxy) is 3. The summed E-state index contributed by atoms with van der Waals surface area (Å²) in [5, 5.41) is 27.8. The number of hydrogen-bond donors (Lipinski definition) is 3. The van der Waals surface area contributed by atoms with Crippen molar-refractivity contribution in [3.63, 3.8) is 0 Å². The number of rotatable bonds is 8. The Morgan fingerprint density at radius 2 is 1.38 bits per heavy atom. The Labute approximate surface area is 255 Å². The molecule has 3 N–H and O–H groups in total. The van der Waals surface area contributed by atoms with E-state index < -0.39 is 53.2 Å². The second kappa shape index (κ2) is 13.2. The minimum absolute atomic E-state index is 0.0296. The van der Waals surface area contributed by atoms with Gasteiger partial charge in [0.15, 0.2) is 17.2 Å². The van der Waals surface area contributed by atoms with Gasteiger partial charge < -0.3 is 34.4 Å². The van der Waals surface area contributed by atoms with Gasteiger partial charge in [0.1, 0.15) is 5.82 Å². The maximum Gasteiger partial charge on any atom is 0.511 e. The molecule has 0 heterocycles. The van der Waals surface area contributed by atoms with E-state index in [4.69, 9.17) is 14.6 Å². The van der Waals surface area contributed by atoms with Crippen LogP contribution in [0.2, 0.25) is 0 Å². The van der Waals surface area contributed by atoms with Crippen LogP contribution in [-0.2, 0) is 13.0 Å². The molecule has 0 saturated heterocycles. The van der Waals surface area contributed by atoms with E-state index in [9.17, 15) is 33.8 Å². The second-order valence-electron chi connectivity index (χ2n) is 10.1. The standard InChI is InChI=1S/C33H26FNO10/c34-23-13-11-20(12-14-23)22-8-3-5-19(15-22)18-35(26-10-4-7-21-6-1-2-9-24(21)26)30(36)25-16-28(44-32(39)40)29(45-33(41)42)17-27(25)43-31(37)38/h1-3,5-6,8-9,11-17,26H,4,7,10,18H2,(H,37,38)(H,39,40)(H,41,42)/t26-/m0/s1. The Morgan fingerprint density at radius 1 is 0.733 bits per heavy atom. The Balaban J connectivity index is 1.63. The normalized spacial score (nSPS) is 13.7. The zero-order valence-corrected chi connectivity index (χ0v) is 23.5. The summed E-state index contributed by atoms with van der Waals surface area (Å²) in [6, 6.07) is 22.0. The van der Waals surface area contributed by atoms with Gasteiger partial charge in [0.25, 0.3) is 5.91 Å². The fourth-order valence-corrected chi connectivity index (χ4v) is 5.45. The molecule has 1 atom stereocenters. The molecule has 0 saturated carbocycles. The monoisotopic (exact) mass is 615 g/mol. The molecule has 0 aromatic heterocycles. The van der Waals surface area contributed by atoms with Gasteiger partial charge in [-0.2, -0.15) is 0 Å². The molecule has 5 rings (SSSR count). The Kier molecular flexibility index (Phi) is 8.94. The van der Waals surface area contributed by atoms with Gasteiger partial charge in [-0.3, -0.25) is 4.79 Å². The van der Waals surface area contributed by atoms with E-state index >= 15 is 0 Å². The van der Waals surface area contributed by atoms with Crippen LogP contribution >= 0.6 is 0 Å². The third kappa shape index (κ3) is 7.19. The Bertz CT molecular complexity index is 1770. The maximum atomic E-state index is 14.5. The number of fused-ring (bicyclic) bond motifs is 1. The number of aryl methyl sites for hydroxylation is 1. The summed E-state index contributed by atoms with van der Waals surface area (Å²) in [6.07, 6.45) is -3.37. The first-order valence-electron chi connectivity index (χ1n) is 13.7. The van der Waals surface area contributed by atoms with Crippen LogP contribution in [0.15, 0.2) is 84.9 Å². The van der Waals surface area contributed by atoms with Crippen LogP contribution in [0.3, 0.4) is 0 Å². The summed E-state index contributed by atoms with van der Waals surface area (Å²) < 4.78 is 27.7. The molecule has 45 heavy (non-hydrogen) atoms. The van der Waals surface area contributed by atoms with Gasteiger partial charge >= 0.3 is 18.5 Å². The van der Waals surface area contributed by atoms with Crippen LogP contribution in [0.5, 0.6) is 17.2 Å². The van der Waals surface area contributed by atoms with E-state index in [1.54, 1.807) is 24.3 Å². The van der Waals surface area contributed by atoms with Gasteiger partial charge in [0, 0.05) is 18.7 Å². The lowest BCUT2D eigenvalue weighted by Gasteiger charge is -2.36. The predicted octanol–water partition coefficient (Wildman–Crippen LogP) is 7.38. The topological polar surface area (TPSA) is 160 Å². The molecule has 0 aliphatic heterocycles. The van der Waals surface area contributed by atoms with E-state index in [-0.39, 0.29) is 12.4 Å². The highest BCUT2D eigenvalue weighted by molar-refractivity contribution is 5.99. The molecule has 230 valence electrons. The molecule has 1 aliphatic carbocycles. The molecule has 4 aromatic rings. The second-order valence-corrected chi connectivity index (χ2v) is 10.1. The average Bonchev–Trinajstić information content (AvgIpc) is 3.00. The summed E-state index contributed by atoms with van der Waals surface area (Å²) in [6.45, 7) is 0.0296. The number of carbonyl (C=O) groups excluding carboxylic acids is 1. The highest BCUT2D eigenvalue weighted by atomic mass is 19.1. The predicted molar refractivity (Wildman–Crippen MR) is 156 cm³/mol. The van der Waals surface area contributed by atoms with Crippen LogP contribution < -0.4 is 14.2 Å². The molecular formula is C33H26FNO10. The lowest BCUT2D eigenvalue weighted by molar-refractivity contribution is 0.0633. The minimum Gasteiger partial charge on any atom is -0.449 e.